The van der Waals surface area contributed by atoms with Gasteiger partial charge in [-0.15, -0.1) is 0 Å². The maximum Gasteiger partial charge on any atom is 0.316 e. The Morgan fingerprint density at radius 3 is 2.25 bits per heavy atom. The van der Waals surface area contributed by atoms with Gasteiger partial charge >= 0.3 is 5.97 Å². The largest absolute Gasteiger partial charge is 0.425 e. The van der Waals surface area contributed by atoms with Crippen LogP contribution in [0.1, 0.15) is 47.4 Å². The Bertz CT molecular complexity index is 924. The van der Waals surface area contributed by atoms with Crippen molar-refractivity contribution in [2.24, 2.45) is 5.41 Å². The van der Waals surface area contributed by atoms with Gasteiger partial charge in [-0.2, -0.15) is 0 Å². The van der Waals surface area contributed by atoms with Gasteiger partial charge < -0.3 is 9.72 Å². The molecule has 0 unspecified atom stereocenters. The molecule has 0 aliphatic heterocycles. The average molecular weight is 324 g/mol. The zero-order valence-electron chi connectivity index (χ0n) is 15.2. The van der Waals surface area contributed by atoms with E-state index in [-0.39, 0.29) is 11.4 Å². The molecule has 0 aliphatic rings. The van der Waals surface area contributed by atoms with Gasteiger partial charge in [0.15, 0.2) is 0 Å². The average Bonchev–Trinajstić information content (AvgIpc) is 2.90. The Morgan fingerprint density at radius 2 is 1.67 bits per heavy atom. The maximum absolute atomic E-state index is 12.3. The highest BCUT2D eigenvalue weighted by molar-refractivity contribution is 6.08. The number of nitrogens with zero attached hydrogens (tertiary/aromatic N) is 1. The highest BCUT2D eigenvalue weighted by Gasteiger charge is 2.25. The Morgan fingerprint density at radius 1 is 1.04 bits per heavy atom. The second-order valence-electron chi connectivity index (χ2n) is 8.29. The molecule has 1 heterocycles. The predicted molar refractivity (Wildman–Crippen MR) is 97.4 cm³/mol. The Labute approximate surface area is 142 Å². The molecule has 0 aliphatic carbocycles. The fraction of sp³-hybridized carbons (Fsp3) is 0.400. The van der Waals surface area contributed by atoms with Crippen molar-refractivity contribution >= 4 is 27.8 Å². The van der Waals surface area contributed by atoms with Crippen molar-refractivity contribution in [1.82, 2.24) is 9.97 Å². The van der Waals surface area contributed by atoms with E-state index in [1.165, 1.54) is 0 Å². The van der Waals surface area contributed by atoms with E-state index in [0.29, 0.717) is 5.75 Å². The molecule has 3 aromatic rings. The summed E-state index contributed by atoms with van der Waals surface area (Å²) >= 11 is 0. The third kappa shape index (κ3) is 2.88. The van der Waals surface area contributed by atoms with E-state index in [1.807, 2.05) is 51.1 Å². The monoisotopic (exact) mass is 324 g/mol. The third-order valence-corrected chi connectivity index (χ3v) is 3.98. The van der Waals surface area contributed by atoms with Crippen LogP contribution in [0.15, 0.2) is 30.3 Å². The van der Waals surface area contributed by atoms with Crippen LogP contribution in [0.25, 0.3) is 21.8 Å². The quantitative estimate of drug-likeness (QED) is 0.508. The molecule has 0 amide bonds. The highest BCUT2D eigenvalue weighted by atomic mass is 16.5. The van der Waals surface area contributed by atoms with E-state index in [4.69, 9.17) is 9.72 Å². The molecular formula is C20H24N2O2. The zero-order chi connectivity index (χ0) is 17.7. The molecule has 0 saturated carbocycles. The SMILES string of the molecule is CC(C)(C)C(=O)Oc1cc2[nH]c(C(C)(C)C)nc2c2ccccc12. The van der Waals surface area contributed by atoms with E-state index < -0.39 is 5.41 Å². The van der Waals surface area contributed by atoms with Crippen molar-refractivity contribution in [2.75, 3.05) is 0 Å². The van der Waals surface area contributed by atoms with Gasteiger partial charge in [0.05, 0.1) is 16.4 Å². The van der Waals surface area contributed by atoms with Crippen LogP contribution in [0.4, 0.5) is 0 Å². The van der Waals surface area contributed by atoms with E-state index in [0.717, 1.165) is 27.6 Å². The topological polar surface area (TPSA) is 55.0 Å². The van der Waals surface area contributed by atoms with Crippen LogP contribution < -0.4 is 4.74 Å². The summed E-state index contributed by atoms with van der Waals surface area (Å²) in [7, 11) is 0. The molecule has 0 fully saturated rings. The minimum atomic E-state index is -0.555. The molecule has 3 rings (SSSR count). The summed E-state index contributed by atoms with van der Waals surface area (Å²) in [4.78, 5) is 20.5. The smallest absolute Gasteiger partial charge is 0.316 e. The summed E-state index contributed by atoms with van der Waals surface area (Å²) in [5.41, 5.74) is 1.16. The summed E-state index contributed by atoms with van der Waals surface area (Å²) in [6.45, 7) is 11.9. The summed E-state index contributed by atoms with van der Waals surface area (Å²) in [5.74, 6) is 1.24. The number of hydrogen-bond acceptors (Lipinski definition) is 3. The summed E-state index contributed by atoms with van der Waals surface area (Å²) in [5, 5.41) is 1.88. The number of ether oxygens (including phenoxy) is 1. The lowest BCUT2D eigenvalue weighted by Crippen LogP contribution is -2.25. The molecule has 4 nitrogen and oxygen atoms in total. The molecule has 1 aromatic heterocycles. The fourth-order valence-corrected chi connectivity index (χ4v) is 2.50. The number of carbonyl (C=O) groups is 1. The van der Waals surface area contributed by atoms with Crippen LogP contribution >= 0.6 is 0 Å². The molecule has 0 saturated heterocycles. The number of esters is 1. The van der Waals surface area contributed by atoms with Crippen molar-refractivity contribution in [1.29, 1.82) is 0 Å². The number of H-pyrrole nitrogens is 1. The van der Waals surface area contributed by atoms with Gasteiger partial charge in [0.2, 0.25) is 0 Å². The van der Waals surface area contributed by atoms with E-state index in [1.54, 1.807) is 0 Å². The first-order valence-electron chi connectivity index (χ1n) is 8.21. The van der Waals surface area contributed by atoms with Crippen LogP contribution in [0, 0.1) is 5.41 Å². The van der Waals surface area contributed by atoms with Gasteiger partial charge in [0, 0.05) is 22.3 Å². The van der Waals surface area contributed by atoms with Crippen LogP contribution in [-0.4, -0.2) is 15.9 Å². The van der Waals surface area contributed by atoms with Gasteiger partial charge in [0.25, 0.3) is 0 Å². The standard InChI is InChI=1S/C20H24N2O2/c1-19(2,3)17-21-14-11-15(24-18(23)20(4,5)6)12-9-7-8-10-13(12)16(14)22-17/h7-11H,1-6H3,(H,21,22). The number of imidazole rings is 1. The fourth-order valence-electron chi connectivity index (χ4n) is 2.50. The second-order valence-corrected chi connectivity index (χ2v) is 8.29. The predicted octanol–water partition coefficient (Wildman–Crippen LogP) is 4.97. The van der Waals surface area contributed by atoms with Gasteiger partial charge in [-0.1, -0.05) is 45.0 Å². The lowest BCUT2D eigenvalue weighted by atomic mass is 9.96. The normalized spacial score (nSPS) is 12.8. The van der Waals surface area contributed by atoms with Gasteiger partial charge in [-0.25, -0.2) is 4.98 Å². The molecule has 126 valence electrons. The lowest BCUT2D eigenvalue weighted by molar-refractivity contribution is -0.142. The first-order chi connectivity index (χ1) is 11.1. The summed E-state index contributed by atoms with van der Waals surface area (Å²) in [6, 6.07) is 9.77. The van der Waals surface area contributed by atoms with Crippen LogP contribution in [0.5, 0.6) is 5.75 Å². The number of carbonyl (C=O) groups excluding carboxylic acids is 1. The number of rotatable bonds is 1. The minimum Gasteiger partial charge on any atom is -0.425 e. The van der Waals surface area contributed by atoms with Crippen molar-refractivity contribution in [2.45, 2.75) is 47.0 Å². The number of aromatic nitrogens is 2. The summed E-state index contributed by atoms with van der Waals surface area (Å²) in [6.07, 6.45) is 0. The minimum absolute atomic E-state index is 0.0810. The Kier molecular flexibility index (Phi) is 3.67. The molecule has 1 N–H and O–H groups in total. The molecule has 0 spiro atoms. The number of nitrogens with one attached hydrogen (secondary N) is 1. The van der Waals surface area contributed by atoms with Crippen LogP contribution in [-0.2, 0) is 10.2 Å². The summed E-state index contributed by atoms with van der Waals surface area (Å²) < 4.78 is 5.71. The molecule has 0 atom stereocenters. The molecule has 24 heavy (non-hydrogen) atoms. The van der Waals surface area contributed by atoms with E-state index >= 15 is 0 Å². The zero-order valence-corrected chi connectivity index (χ0v) is 15.2. The highest BCUT2D eigenvalue weighted by Crippen LogP contribution is 2.35. The molecule has 4 heteroatoms. The number of hydrogen-bond donors (Lipinski definition) is 1. The second kappa shape index (κ2) is 5.33. The van der Waals surface area contributed by atoms with Crippen LogP contribution in [0.2, 0.25) is 0 Å². The number of benzene rings is 2. The molecular weight excluding hydrogens is 300 g/mol. The Hall–Kier alpha value is -2.36. The van der Waals surface area contributed by atoms with Crippen LogP contribution in [0.3, 0.4) is 0 Å². The number of aromatic amines is 1. The van der Waals surface area contributed by atoms with E-state index in [9.17, 15) is 4.79 Å². The molecule has 0 bridgehead atoms. The maximum atomic E-state index is 12.3. The van der Waals surface area contributed by atoms with Gasteiger partial charge in [-0.05, 0) is 20.8 Å². The van der Waals surface area contributed by atoms with Crippen molar-refractivity contribution in [3.63, 3.8) is 0 Å². The van der Waals surface area contributed by atoms with Crippen molar-refractivity contribution < 1.29 is 9.53 Å². The van der Waals surface area contributed by atoms with Crippen molar-refractivity contribution in [3.05, 3.63) is 36.2 Å². The first kappa shape index (κ1) is 16.5. The molecule has 0 radical (unpaired) electrons. The van der Waals surface area contributed by atoms with Gasteiger partial charge in [-0.3, -0.25) is 4.79 Å². The lowest BCUT2D eigenvalue weighted by Gasteiger charge is -2.17. The van der Waals surface area contributed by atoms with Crippen molar-refractivity contribution in [3.8, 4) is 5.75 Å². The third-order valence-electron chi connectivity index (χ3n) is 3.98. The Balaban J connectivity index is 2.23. The molecule has 2 aromatic carbocycles. The van der Waals surface area contributed by atoms with E-state index in [2.05, 4.69) is 25.8 Å². The first-order valence-corrected chi connectivity index (χ1v) is 8.21. The number of fused-ring (bicyclic) bond motifs is 3. The van der Waals surface area contributed by atoms with Gasteiger partial charge in [0.1, 0.15) is 11.6 Å².